The second-order valence-corrected chi connectivity index (χ2v) is 18.2. The van der Waals surface area contributed by atoms with Gasteiger partial charge in [-0.25, -0.2) is 9.59 Å². The number of furan rings is 1. The van der Waals surface area contributed by atoms with E-state index in [0.717, 1.165) is 24.3 Å². The predicted octanol–water partition coefficient (Wildman–Crippen LogP) is 8.44. The highest BCUT2D eigenvalue weighted by Crippen LogP contribution is 2.69. The van der Waals surface area contributed by atoms with Gasteiger partial charge in [0.25, 0.3) is 6.04 Å². The van der Waals surface area contributed by atoms with Gasteiger partial charge in [-0.15, -0.1) is 0 Å². The molecule has 11 nitrogen and oxygen atoms in total. The summed E-state index contributed by atoms with van der Waals surface area (Å²) in [5, 5.41) is 39.7. The summed E-state index contributed by atoms with van der Waals surface area (Å²) in [6.07, 6.45) is 10.9. The molecule has 0 spiro atoms. The number of hydroxylamine groups is 1. The summed E-state index contributed by atoms with van der Waals surface area (Å²) >= 11 is 0. The zero-order valence-electron chi connectivity index (χ0n) is 32.0. The molecule has 10 atom stereocenters. The SMILES string of the molecule is CC(C)CCCC(C)C1CCC2C3CC([N+](=O)Oc4ccc5c([O-])oc([O-])c5c4)C4CC(N([O-])c5ccc6c(c5)C(=O)OC6=O)CCC4(C)C3CCC12C. The summed E-state index contributed by atoms with van der Waals surface area (Å²) in [5.74, 6) is 0.248. The van der Waals surface area contributed by atoms with Crippen LogP contribution in [0.4, 0.5) is 5.69 Å². The van der Waals surface area contributed by atoms with Crippen molar-refractivity contribution in [3.05, 3.63) is 57.6 Å². The summed E-state index contributed by atoms with van der Waals surface area (Å²) in [6.45, 7) is 11.9. The van der Waals surface area contributed by atoms with Gasteiger partial charge in [-0.05, 0) is 128 Å². The van der Waals surface area contributed by atoms with Crippen molar-refractivity contribution in [1.82, 2.24) is 0 Å². The van der Waals surface area contributed by atoms with Gasteiger partial charge in [0.1, 0.15) is 0 Å². The third kappa shape index (κ3) is 5.96. The Morgan fingerprint density at radius 2 is 1.57 bits per heavy atom. The Balaban J connectivity index is 1.09. The fraction of sp³-hybridized carbons (Fsp3) is 0.628. The Kier molecular flexibility index (Phi) is 9.26. The van der Waals surface area contributed by atoms with E-state index in [9.17, 15) is 29.9 Å². The monoisotopic (exact) mass is 740 g/mol. The lowest BCUT2D eigenvalue weighted by atomic mass is 9.43. The van der Waals surface area contributed by atoms with Crippen molar-refractivity contribution in [2.45, 2.75) is 117 Å². The van der Waals surface area contributed by atoms with Crippen LogP contribution in [0, 0.1) is 62.4 Å². The van der Waals surface area contributed by atoms with Crippen molar-refractivity contribution in [2.75, 3.05) is 5.06 Å². The van der Waals surface area contributed by atoms with Gasteiger partial charge in [0, 0.05) is 34.8 Å². The standard InChI is InChI=1S/C43H54N2O9/c1-23(2)7-6-8-24(3)33-13-14-34-32-22-37(45(51)54-27-10-12-29-31(21-27)41(49)53-39(29)47)36-20-26(15-17-43(36,5)35(32)16-18-42(33,34)4)44(50)25-9-11-28-30(19-25)40(48)52-38(28)46/h9-12,19,21,23-24,26,32-37,47,49H,6-8,13-18,20,22H2,1-5H3/p-2. The number of anilines is 1. The first-order valence-corrected chi connectivity index (χ1v) is 20.1. The molecule has 290 valence electrons. The van der Waals surface area contributed by atoms with Crippen LogP contribution in [0.25, 0.3) is 10.8 Å². The van der Waals surface area contributed by atoms with Crippen molar-refractivity contribution in [3.8, 4) is 17.6 Å². The maximum absolute atomic E-state index is 14.5. The number of cyclic esters (lactones) is 2. The number of carbonyl (C=O) groups is 2. The molecule has 11 heteroatoms. The smallest absolute Gasteiger partial charge is 0.346 e. The molecule has 2 heterocycles. The van der Waals surface area contributed by atoms with E-state index < -0.39 is 35.9 Å². The van der Waals surface area contributed by atoms with E-state index >= 15 is 0 Å². The van der Waals surface area contributed by atoms with E-state index in [1.165, 1.54) is 62.4 Å². The molecule has 54 heavy (non-hydrogen) atoms. The molecule has 0 radical (unpaired) electrons. The lowest BCUT2D eigenvalue weighted by molar-refractivity contribution is -0.795. The fourth-order valence-corrected chi connectivity index (χ4v) is 12.5. The Morgan fingerprint density at radius 3 is 2.35 bits per heavy atom. The predicted molar refractivity (Wildman–Crippen MR) is 197 cm³/mol. The molecule has 4 fully saturated rings. The number of fused-ring (bicyclic) bond motifs is 7. The molecular formula is C43H52N2O9-2. The van der Waals surface area contributed by atoms with E-state index in [-0.39, 0.29) is 50.1 Å². The maximum atomic E-state index is 14.5. The van der Waals surface area contributed by atoms with E-state index in [1.807, 2.05) is 0 Å². The Morgan fingerprint density at radius 1 is 0.852 bits per heavy atom. The minimum Gasteiger partial charge on any atom is -0.758 e. The molecule has 5 aliphatic rings. The maximum Gasteiger partial charge on any atom is 0.346 e. The summed E-state index contributed by atoms with van der Waals surface area (Å²) < 4.78 is 9.52. The minimum absolute atomic E-state index is 0.0710. The van der Waals surface area contributed by atoms with Gasteiger partial charge in [0.15, 0.2) is 0 Å². The van der Waals surface area contributed by atoms with Crippen LogP contribution in [-0.2, 0) is 4.74 Å². The minimum atomic E-state index is -0.767. The zero-order valence-corrected chi connectivity index (χ0v) is 32.0. The normalized spacial score (nSPS) is 33.5. The molecule has 0 N–H and O–H groups in total. The molecule has 10 unspecified atom stereocenters. The van der Waals surface area contributed by atoms with Crippen molar-refractivity contribution in [1.29, 1.82) is 0 Å². The Hall–Kier alpha value is -4.12. The summed E-state index contributed by atoms with van der Waals surface area (Å²) in [4.78, 5) is 45.6. The van der Waals surface area contributed by atoms with Crippen LogP contribution in [0.15, 0.2) is 40.8 Å². The first-order chi connectivity index (χ1) is 25.7. The van der Waals surface area contributed by atoms with Crippen LogP contribution in [0.3, 0.4) is 0 Å². The van der Waals surface area contributed by atoms with Gasteiger partial charge < -0.3 is 29.6 Å². The van der Waals surface area contributed by atoms with Crippen molar-refractivity contribution < 1.29 is 38.7 Å². The van der Waals surface area contributed by atoms with Gasteiger partial charge in [-0.2, -0.15) is 4.84 Å². The molecule has 4 saturated carbocycles. The number of ether oxygens (including phenoxy) is 1. The van der Waals surface area contributed by atoms with Gasteiger partial charge >= 0.3 is 11.9 Å². The van der Waals surface area contributed by atoms with Crippen LogP contribution >= 0.6 is 0 Å². The topological polar surface area (TPSA) is 158 Å². The summed E-state index contributed by atoms with van der Waals surface area (Å²) in [7, 11) is 0. The number of hydrogen-bond donors (Lipinski definition) is 0. The zero-order chi connectivity index (χ0) is 38.3. The number of esters is 2. The quantitative estimate of drug-likeness (QED) is 0.112. The van der Waals surface area contributed by atoms with Gasteiger partial charge in [-0.1, -0.05) is 53.9 Å². The van der Waals surface area contributed by atoms with Gasteiger partial charge in [0.2, 0.25) is 10.7 Å². The second kappa shape index (κ2) is 13.6. The van der Waals surface area contributed by atoms with Gasteiger partial charge in [0.05, 0.1) is 27.9 Å². The highest BCUT2D eigenvalue weighted by Gasteiger charge is 2.66. The fourth-order valence-electron chi connectivity index (χ4n) is 12.5. The van der Waals surface area contributed by atoms with Crippen LogP contribution in [0.5, 0.6) is 17.6 Å². The highest BCUT2D eigenvalue weighted by atomic mass is 16.8. The van der Waals surface area contributed by atoms with Crippen LogP contribution < -0.4 is 20.1 Å². The Labute approximate surface area is 316 Å². The average molecular weight is 741 g/mol. The molecule has 3 aromatic rings. The van der Waals surface area contributed by atoms with E-state index in [0.29, 0.717) is 59.7 Å². The number of benzene rings is 2. The van der Waals surface area contributed by atoms with Crippen molar-refractivity contribution in [2.24, 2.45) is 52.3 Å². The third-order valence-electron chi connectivity index (χ3n) is 15.1. The first kappa shape index (κ1) is 36.8. The lowest BCUT2D eigenvalue weighted by Gasteiger charge is -2.62. The van der Waals surface area contributed by atoms with Crippen molar-refractivity contribution in [3.63, 3.8) is 0 Å². The van der Waals surface area contributed by atoms with E-state index in [2.05, 4.69) is 34.6 Å². The first-order valence-electron chi connectivity index (χ1n) is 20.1. The lowest BCUT2D eigenvalue weighted by Crippen LogP contribution is -2.61. The summed E-state index contributed by atoms with van der Waals surface area (Å²) in [5.41, 5.74) is 0.500. The Bertz CT molecular complexity index is 1970. The van der Waals surface area contributed by atoms with Crippen LogP contribution in [-0.4, -0.2) is 28.9 Å². The molecular weight excluding hydrogens is 688 g/mol. The van der Waals surface area contributed by atoms with Crippen molar-refractivity contribution >= 4 is 28.4 Å². The van der Waals surface area contributed by atoms with E-state index in [4.69, 9.17) is 14.0 Å². The molecule has 0 bridgehead atoms. The number of hydrogen-bond acceptors (Lipinski definition) is 10. The number of nitrogens with zero attached hydrogens (tertiary/aromatic N) is 2. The molecule has 1 aliphatic heterocycles. The number of carbonyl (C=O) groups excluding carboxylic acids is 2. The average Bonchev–Trinajstić information content (AvgIpc) is 3.74. The molecule has 4 aliphatic carbocycles. The highest BCUT2D eigenvalue weighted by molar-refractivity contribution is 6.15. The molecule has 8 rings (SSSR count). The molecule has 1 aromatic heterocycles. The molecule has 0 amide bonds. The van der Waals surface area contributed by atoms with Crippen LogP contribution in [0.2, 0.25) is 0 Å². The van der Waals surface area contributed by atoms with E-state index in [1.54, 1.807) is 6.07 Å². The molecule has 2 aromatic carbocycles. The largest absolute Gasteiger partial charge is 0.758 e. The second-order valence-electron chi connectivity index (χ2n) is 18.2. The molecule has 0 saturated heterocycles. The number of rotatable bonds is 10. The van der Waals surface area contributed by atoms with Gasteiger partial charge in [-0.3, -0.25) is 0 Å². The third-order valence-corrected chi connectivity index (χ3v) is 15.1. The van der Waals surface area contributed by atoms with Crippen LogP contribution in [0.1, 0.15) is 126 Å². The summed E-state index contributed by atoms with van der Waals surface area (Å²) in [6, 6.07) is 7.80.